The summed E-state index contributed by atoms with van der Waals surface area (Å²) < 4.78 is 5.46. The molecule has 3 aromatic heterocycles. The molecule has 22 heavy (non-hydrogen) atoms. The molecule has 1 amide bonds. The first kappa shape index (κ1) is 14.4. The van der Waals surface area contributed by atoms with Gasteiger partial charge in [-0.3, -0.25) is 20.2 Å². The lowest BCUT2D eigenvalue weighted by atomic mass is 10.4. The van der Waals surface area contributed by atoms with E-state index in [-0.39, 0.29) is 9.88 Å². The molecule has 0 fully saturated rings. The molecule has 3 heterocycles. The number of aryl methyl sites for hydroxylation is 1. The summed E-state index contributed by atoms with van der Waals surface area (Å²) in [4.78, 5) is 26.6. The number of nitrogens with one attached hydrogen (secondary N) is 1. The summed E-state index contributed by atoms with van der Waals surface area (Å²) >= 11 is 2.08. The predicted molar refractivity (Wildman–Crippen MR) is 83.5 cm³/mol. The SMILES string of the molecule is Cc1ccc(-c2csc(NC(=O)c3ccc([N+](=O)[O-])s3)n2)o1. The van der Waals surface area contributed by atoms with Crippen molar-refractivity contribution in [3.8, 4) is 11.5 Å². The smallest absolute Gasteiger partial charge is 0.324 e. The Hall–Kier alpha value is -2.52. The maximum absolute atomic E-state index is 12.0. The summed E-state index contributed by atoms with van der Waals surface area (Å²) in [5, 5.41) is 15.3. The average molecular weight is 335 g/mol. The number of carbonyl (C=O) groups is 1. The van der Waals surface area contributed by atoms with Crippen molar-refractivity contribution in [2.75, 3.05) is 5.32 Å². The lowest BCUT2D eigenvalue weighted by Gasteiger charge is -1.97. The summed E-state index contributed by atoms with van der Waals surface area (Å²) in [7, 11) is 0. The molecule has 0 saturated carbocycles. The molecule has 0 bridgehead atoms. The number of nitrogens with zero attached hydrogens (tertiary/aromatic N) is 2. The van der Waals surface area contributed by atoms with Gasteiger partial charge in [-0.05, 0) is 25.1 Å². The zero-order valence-electron chi connectivity index (χ0n) is 11.2. The topological polar surface area (TPSA) is 98.3 Å². The van der Waals surface area contributed by atoms with Crippen molar-refractivity contribution in [1.29, 1.82) is 0 Å². The number of nitro groups is 1. The second kappa shape index (κ2) is 5.70. The van der Waals surface area contributed by atoms with Gasteiger partial charge in [0.1, 0.15) is 11.5 Å². The van der Waals surface area contributed by atoms with Crippen LogP contribution in [0.25, 0.3) is 11.5 Å². The molecule has 0 spiro atoms. The quantitative estimate of drug-likeness (QED) is 0.575. The second-order valence-electron chi connectivity index (χ2n) is 4.30. The third-order valence-electron chi connectivity index (χ3n) is 2.71. The molecule has 0 aromatic carbocycles. The molecule has 0 saturated heterocycles. The Labute approximate surface area is 132 Å². The van der Waals surface area contributed by atoms with Gasteiger partial charge in [-0.15, -0.1) is 11.3 Å². The molecule has 0 aliphatic rings. The van der Waals surface area contributed by atoms with Crippen molar-refractivity contribution in [1.82, 2.24) is 4.98 Å². The monoisotopic (exact) mass is 335 g/mol. The summed E-state index contributed by atoms with van der Waals surface area (Å²) in [6, 6.07) is 6.36. The average Bonchev–Trinajstić information content (AvgIpc) is 3.17. The first-order valence-corrected chi connectivity index (χ1v) is 7.80. The number of hydrogen-bond acceptors (Lipinski definition) is 7. The number of thiazole rings is 1. The molecular weight excluding hydrogens is 326 g/mol. The highest BCUT2D eigenvalue weighted by Crippen LogP contribution is 2.28. The van der Waals surface area contributed by atoms with Gasteiger partial charge in [-0.25, -0.2) is 4.98 Å². The second-order valence-corrected chi connectivity index (χ2v) is 6.22. The fourth-order valence-corrected chi connectivity index (χ4v) is 3.13. The van der Waals surface area contributed by atoms with E-state index in [1.807, 2.05) is 13.0 Å². The Bertz CT molecular complexity index is 849. The molecule has 0 radical (unpaired) electrons. The largest absolute Gasteiger partial charge is 0.460 e. The van der Waals surface area contributed by atoms with E-state index in [2.05, 4.69) is 10.3 Å². The minimum Gasteiger partial charge on any atom is -0.460 e. The summed E-state index contributed by atoms with van der Waals surface area (Å²) in [5.74, 6) is 0.982. The zero-order chi connectivity index (χ0) is 15.7. The van der Waals surface area contributed by atoms with Crippen LogP contribution in [0, 0.1) is 17.0 Å². The van der Waals surface area contributed by atoms with E-state index in [0.29, 0.717) is 16.6 Å². The maximum Gasteiger partial charge on any atom is 0.324 e. The highest BCUT2D eigenvalue weighted by Gasteiger charge is 2.17. The van der Waals surface area contributed by atoms with Crippen LogP contribution in [0.2, 0.25) is 0 Å². The minimum atomic E-state index is -0.526. The lowest BCUT2D eigenvalue weighted by molar-refractivity contribution is -0.380. The van der Waals surface area contributed by atoms with Crippen molar-refractivity contribution in [3.05, 3.63) is 50.4 Å². The fraction of sp³-hybridized carbons (Fsp3) is 0.0769. The standard InChI is InChI=1S/C13H9N3O4S2/c1-7-2-3-9(20-7)8-6-21-13(14-8)15-12(17)10-4-5-11(22-10)16(18)19/h2-6H,1H3,(H,14,15,17). The van der Waals surface area contributed by atoms with Crippen molar-refractivity contribution in [2.24, 2.45) is 0 Å². The van der Waals surface area contributed by atoms with Crippen LogP contribution in [-0.4, -0.2) is 15.8 Å². The Morgan fingerprint density at radius 3 is 2.82 bits per heavy atom. The lowest BCUT2D eigenvalue weighted by Crippen LogP contribution is -2.09. The highest BCUT2D eigenvalue weighted by atomic mass is 32.1. The van der Waals surface area contributed by atoms with Crippen molar-refractivity contribution in [2.45, 2.75) is 6.92 Å². The predicted octanol–water partition coefficient (Wildman–Crippen LogP) is 3.93. The molecule has 0 unspecified atom stereocenters. The van der Waals surface area contributed by atoms with Crippen molar-refractivity contribution in [3.63, 3.8) is 0 Å². The van der Waals surface area contributed by atoms with Crippen LogP contribution in [0.5, 0.6) is 0 Å². The van der Waals surface area contributed by atoms with E-state index in [4.69, 9.17) is 4.42 Å². The molecular formula is C13H9N3O4S2. The van der Waals surface area contributed by atoms with Crippen LogP contribution in [0.1, 0.15) is 15.4 Å². The first-order valence-electron chi connectivity index (χ1n) is 6.11. The fourth-order valence-electron chi connectivity index (χ4n) is 1.72. The highest BCUT2D eigenvalue weighted by molar-refractivity contribution is 7.17. The number of anilines is 1. The van der Waals surface area contributed by atoms with Gasteiger partial charge in [0.25, 0.3) is 5.91 Å². The van der Waals surface area contributed by atoms with E-state index in [1.165, 1.54) is 23.5 Å². The molecule has 1 N–H and O–H groups in total. The van der Waals surface area contributed by atoms with E-state index in [9.17, 15) is 14.9 Å². The van der Waals surface area contributed by atoms with Crippen LogP contribution in [0.4, 0.5) is 10.1 Å². The minimum absolute atomic E-state index is 0.0731. The molecule has 112 valence electrons. The first-order chi connectivity index (χ1) is 10.5. The molecule has 0 aliphatic carbocycles. The summed E-state index contributed by atoms with van der Waals surface area (Å²) in [6.45, 7) is 1.84. The molecule has 0 aliphatic heterocycles. The van der Waals surface area contributed by atoms with E-state index in [1.54, 1.807) is 11.4 Å². The Kier molecular flexibility index (Phi) is 3.73. The van der Waals surface area contributed by atoms with Crippen LogP contribution >= 0.6 is 22.7 Å². The van der Waals surface area contributed by atoms with E-state index in [0.717, 1.165) is 17.1 Å². The van der Waals surface area contributed by atoms with E-state index >= 15 is 0 Å². The Balaban J connectivity index is 1.74. The van der Waals surface area contributed by atoms with Gasteiger partial charge in [-0.2, -0.15) is 0 Å². The van der Waals surface area contributed by atoms with Crippen molar-refractivity contribution >= 4 is 38.7 Å². The molecule has 3 aromatic rings. The third kappa shape index (κ3) is 2.90. The van der Waals surface area contributed by atoms with Gasteiger partial charge in [0.2, 0.25) is 0 Å². The van der Waals surface area contributed by atoms with Crippen LogP contribution in [0.3, 0.4) is 0 Å². The molecule has 7 nitrogen and oxygen atoms in total. The maximum atomic E-state index is 12.0. The van der Waals surface area contributed by atoms with Gasteiger partial charge in [0, 0.05) is 11.4 Å². The third-order valence-corrected chi connectivity index (χ3v) is 4.51. The number of carbonyl (C=O) groups excluding carboxylic acids is 1. The summed E-state index contributed by atoms with van der Waals surface area (Å²) in [6.07, 6.45) is 0. The molecule has 9 heteroatoms. The normalized spacial score (nSPS) is 10.6. The Morgan fingerprint density at radius 1 is 1.36 bits per heavy atom. The number of hydrogen-bond donors (Lipinski definition) is 1. The van der Waals surface area contributed by atoms with E-state index < -0.39 is 10.8 Å². The zero-order valence-corrected chi connectivity index (χ0v) is 12.9. The number of thiophene rings is 1. The van der Waals surface area contributed by atoms with Crippen LogP contribution < -0.4 is 5.32 Å². The van der Waals surface area contributed by atoms with Crippen LogP contribution in [-0.2, 0) is 0 Å². The molecule has 3 rings (SSSR count). The van der Waals surface area contributed by atoms with Gasteiger partial charge >= 0.3 is 5.00 Å². The number of rotatable bonds is 4. The summed E-state index contributed by atoms with van der Waals surface area (Å²) in [5.41, 5.74) is 0.630. The van der Waals surface area contributed by atoms with Gasteiger partial charge < -0.3 is 4.42 Å². The van der Waals surface area contributed by atoms with Crippen LogP contribution in [0.15, 0.2) is 34.1 Å². The number of furan rings is 1. The van der Waals surface area contributed by atoms with Crippen molar-refractivity contribution < 1.29 is 14.1 Å². The van der Waals surface area contributed by atoms with Gasteiger partial charge in [0.05, 0.1) is 9.80 Å². The van der Waals surface area contributed by atoms with Gasteiger partial charge in [-0.1, -0.05) is 11.3 Å². The number of aromatic nitrogens is 1. The Morgan fingerprint density at radius 2 is 2.18 bits per heavy atom. The van der Waals surface area contributed by atoms with Gasteiger partial charge in [0.15, 0.2) is 10.9 Å². The number of amides is 1. The molecule has 0 atom stereocenters.